The number of hydroxylamine groups is 1. The van der Waals surface area contributed by atoms with Gasteiger partial charge in [0.1, 0.15) is 5.82 Å². The number of esters is 1. The standard InChI is InChI=1S/C19H18FN3O3/c1-26-19(24)18-16(3-2-9-22-25)15-8-10-23(17(15)11-21-18)12-13-4-6-14(20)7-5-13/h2-8,10-11,22,25H,9,12H2,1H3. The van der Waals surface area contributed by atoms with E-state index in [0.29, 0.717) is 12.1 Å². The lowest BCUT2D eigenvalue weighted by molar-refractivity contribution is 0.0594. The van der Waals surface area contributed by atoms with Gasteiger partial charge in [-0.1, -0.05) is 24.3 Å². The Hall–Kier alpha value is -3.03. The van der Waals surface area contributed by atoms with Crippen LogP contribution >= 0.6 is 0 Å². The summed E-state index contributed by atoms with van der Waals surface area (Å²) >= 11 is 0. The fraction of sp³-hybridized carbons (Fsp3) is 0.158. The molecule has 3 aromatic rings. The molecular formula is C19H18FN3O3. The zero-order valence-corrected chi connectivity index (χ0v) is 14.1. The number of rotatable bonds is 6. The van der Waals surface area contributed by atoms with Crippen molar-refractivity contribution in [3.63, 3.8) is 0 Å². The van der Waals surface area contributed by atoms with Gasteiger partial charge in [0, 0.05) is 30.2 Å². The second-order valence-electron chi connectivity index (χ2n) is 5.65. The van der Waals surface area contributed by atoms with Gasteiger partial charge in [-0.2, -0.15) is 0 Å². The van der Waals surface area contributed by atoms with Crippen molar-refractivity contribution in [3.8, 4) is 0 Å². The molecule has 26 heavy (non-hydrogen) atoms. The molecule has 0 aliphatic heterocycles. The van der Waals surface area contributed by atoms with Gasteiger partial charge in [0.2, 0.25) is 0 Å². The first-order chi connectivity index (χ1) is 12.6. The fourth-order valence-corrected chi connectivity index (χ4v) is 2.76. The van der Waals surface area contributed by atoms with Crippen molar-refractivity contribution in [2.75, 3.05) is 13.7 Å². The summed E-state index contributed by atoms with van der Waals surface area (Å²) in [6, 6.07) is 8.19. The van der Waals surface area contributed by atoms with Crippen LogP contribution in [0.5, 0.6) is 0 Å². The van der Waals surface area contributed by atoms with E-state index in [1.165, 1.54) is 19.2 Å². The van der Waals surface area contributed by atoms with Gasteiger partial charge >= 0.3 is 5.97 Å². The van der Waals surface area contributed by atoms with Gasteiger partial charge in [-0.05, 0) is 23.8 Å². The van der Waals surface area contributed by atoms with Crippen LogP contribution < -0.4 is 5.48 Å². The van der Waals surface area contributed by atoms with Crippen molar-refractivity contribution in [1.82, 2.24) is 15.0 Å². The van der Waals surface area contributed by atoms with E-state index in [9.17, 15) is 9.18 Å². The SMILES string of the molecule is COC(=O)c1ncc2c(ccn2Cc2ccc(F)cc2)c1C=CCNO. The first-order valence-corrected chi connectivity index (χ1v) is 7.98. The highest BCUT2D eigenvalue weighted by Gasteiger charge is 2.16. The van der Waals surface area contributed by atoms with Crippen LogP contribution in [0.25, 0.3) is 17.0 Å². The lowest BCUT2D eigenvalue weighted by Gasteiger charge is -2.09. The van der Waals surface area contributed by atoms with E-state index in [1.54, 1.807) is 30.5 Å². The summed E-state index contributed by atoms with van der Waals surface area (Å²) in [5, 5.41) is 9.56. The molecule has 3 rings (SSSR count). The quantitative estimate of drug-likeness (QED) is 0.525. The van der Waals surface area contributed by atoms with E-state index in [0.717, 1.165) is 16.5 Å². The molecule has 7 heteroatoms. The Morgan fingerprint density at radius 1 is 1.35 bits per heavy atom. The maximum atomic E-state index is 13.1. The molecular weight excluding hydrogens is 337 g/mol. The zero-order valence-electron chi connectivity index (χ0n) is 14.1. The third-order valence-corrected chi connectivity index (χ3v) is 4.01. The molecule has 2 N–H and O–H groups in total. The van der Waals surface area contributed by atoms with E-state index in [4.69, 9.17) is 9.94 Å². The Kier molecular flexibility index (Phi) is 5.40. The van der Waals surface area contributed by atoms with Crippen LogP contribution in [0.15, 0.2) is 48.8 Å². The smallest absolute Gasteiger partial charge is 0.357 e. The number of carbonyl (C=O) groups excluding carboxylic acids is 1. The van der Waals surface area contributed by atoms with Gasteiger partial charge in [-0.15, -0.1) is 0 Å². The molecule has 1 aromatic carbocycles. The van der Waals surface area contributed by atoms with E-state index in [1.807, 2.05) is 22.3 Å². The second kappa shape index (κ2) is 7.90. The van der Waals surface area contributed by atoms with Gasteiger partial charge in [0.05, 0.1) is 18.8 Å². The normalized spacial score (nSPS) is 11.3. The number of hydrogen-bond donors (Lipinski definition) is 2. The Morgan fingerprint density at radius 3 is 2.81 bits per heavy atom. The van der Waals surface area contributed by atoms with Crippen LogP contribution in [0.1, 0.15) is 21.6 Å². The van der Waals surface area contributed by atoms with Crippen molar-refractivity contribution < 1.29 is 19.1 Å². The lowest BCUT2D eigenvalue weighted by atomic mass is 10.1. The minimum atomic E-state index is -0.533. The Morgan fingerprint density at radius 2 is 2.12 bits per heavy atom. The molecule has 0 spiro atoms. The number of nitrogens with zero attached hydrogens (tertiary/aromatic N) is 2. The van der Waals surface area contributed by atoms with Gasteiger partial charge in [-0.3, -0.25) is 0 Å². The molecule has 0 saturated heterocycles. The molecule has 0 atom stereocenters. The summed E-state index contributed by atoms with van der Waals surface area (Å²) in [6.45, 7) is 0.775. The number of aromatic nitrogens is 2. The van der Waals surface area contributed by atoms with Crippen molar-refractivity contribution >= 4 is 22.9 Å². The monoisotopic (exact) mass is 355 g/mol. The number of methoxy groups -OCH3 is 1. The van der Waals surface area contributed by atoms with Crippen LogP contribution in [0, 0.1) is 5.82 Å². The number of benzene rings is 1. The second-order valence-corrected chi connectivity index (χ2v) is 5.65. The van der Waals surface area contributed by atoms with Gasteiger partial charge in [-0.25, -0.2) is 19.6 Å². The third kappa shape index (κ3) is 3.63. The fourth-order valence-electron chi connectivity index (χ4n) is 2.76. The third-order valence-electron chi connectivity index (χ3n) is 4.01. The summed E-state index contributed by atoms with van der Waals surface area (Å²) in [7, 11) is 1.30. The molecule has 2 aromatic heterocycles. The number of nitrogens with one attached hydrogen (secondary N) is 1. The zero-order chi connectivity index (χ0) is 18.5. The van der Waals surface area contributed by atoms with Gasteiger partial charge in [0.25, 0.3) is 0 Å². The topological polar surface area (TPSA) is 76.4 Å². The first-order valence-electron chi connectivity index (χ1n) is 7.98. The molecule has 134 valence electrons. The number of halogens is 1. The first kappa shape index (κ1) is 17.8. The molecule has 0 amide bonds. The number of ether oxygens (including phenoxy) is 1. The summed E-state index contributed by atoms with van der Waals surface area (Å²) in [4.78, 5) is 16.3. The molecule has 0 unspecified atom stereocenters. The van der Waals surface area contributed by atoms with Crippen molar-refractivity contribution in [2.24, 2.45) is 0 Å². The van der Waals surface area contributed by atoms with Crippen molar-refractivity contribution in [3.05, 3.63) is 71.4 Å². The molecule has 6 nitrogen and oxygen atoms in total. The molecule has 0 saturated carbocycles. The van der Waals surface area contributed by atoms with Crippen molar-refractivity contribution in [2.45, 2.75) is 6.54 Å². The number of hydrogen-bond acceptors (Lipinski definition) is 5. The van der Waals surface area contributed by atoms with Crippen LogP contribution in [-0.2, 0) is 11.3 Å². The number of fused-ring (bicyclic) bond motifs is 1. The van der Waals surface area contributed by atoms with Gasteiger partial charge in [0.15, 0.2) is 5.69 Å². The Labute approximate surface area is 149 Å². The van der Waals surface area contributed by atoms with E-state index in [2.05, 4.69) is 4.98 Å². The maximum absolute atomic E-state index is 13.1. The summed E-state index contributed by atoms with van der Waals surface area (Å²) in [6.07, 6.45) is 6.90. The molecule has 0 fully saturated rings. The highest BCUT2D eigenvalue weighted by Crippen LogP contribution is 2.25. The average Bonchev–Trinajstić information content (AvgIpc) is 3.06. The van der Waals surface area contributed by atoms with Gasteiger partial charge < -0.3 is 14.5 Å². The minimum absolute atomic E-state index is 0.203. The number of pyridine rings is 1. The Bertz CT molecular complexity index is 949. The largest absolute Gasteiger partial charge is 0.464 e. The van der Waals surface area contributed by atoms with E-state index in [-0.39, 0.29) is 18.1 Å². The van der Waals surface area contributed by atoms with E-state index >= 15 is 0 Å². The van der Waals surface area contributed by atoms with Crippen LogP contribution in [0.2, 0.25) is 0 Å². The summed E-state index contributed by atoms with van der Waals surface area (Å²) in [5.74, 6) is -0.810. The predicted octanol–water partition coefficient (Wildman–Crippen LogP) is 3.00. The Balaban J connectivity index is 2.04. The minimum Gasteiger partial charge on any atom is -0.464 e. The molecule has 0 bridgehead atoms. The predicted molar refractivity (Wildman–Crippen MR) is 95.4 cm³/mol. The van der Waals surface area contributed by atoms with Crippen LogP contribution in [0.3, 0.4) is 0 Å². The summed E-state index contributed by atoms with van der Waals surface area (Å²) in [5.41, 5.74) is 4.63. The molecule has 0 radical (unpaired) electrons. The maximum Gasteiger partial charge on any atom is 0.357 e. The molecule has 0 aliphatic carbocycles. The lowest BCUT2D eigenvalue weighted by Crippen LogP contribution is -2.08. The van der Waals surface area contributed by atoms with Crippen molar-refractivity contribution in [1.29, 1.82) is 0 Å². The molecule has 2 heterocycles. The van der Waals surface area contributed by atoms with E-state index < -0.39 is 5.97 Å². The number of carbonyl (C=O) groups is 1. The average molecular weight is 355 g/mol. The van der Waals surface area contributed by atoms with Crippen LogP contribution in [-0.4, -0.2) is 34.4 Å². The van der Waals surface area contributed by atoms with Crippen LogP contribution in [0.4, 0.5) is 4.39 Å². The molecule has 0 aliphatic rings. The highest BCUT2D eigenvalue weighted by molar-refractivity contribution is 6.00. The highest BCUT2D eigenvalue weighted by atomic mass is 19.1. The summed E-state index contributed by atoms with van der Waals surface area (Å²) < 4.78 is 19.9.